The molecule has 0 unspecified atom stereocenters. The molecule has 5 aromatic rings. The molecule has 45 heavy (non-hydrogen) atoms. The lowest BCUT2D eigenvalue weighted by molar-refractivity contribution is -0.139. The Morgan fingerprint density at radius 2 is 1.38 bits per heavy atom. The van der Waals surface area contributed by atoms with Gasteiger partial charge in [-0.2, -0.15) is 0 Å². The van der Waals surface area contributed by atoms with Crippen LogP contribution >= 0.6 is 0 Å². The zero-order chi connectivity index (χ0) is 31.7. The number of rotatable bonds is 14. The zero-order valence-corrected chi connectivity index (χ0v) is 25.2. The topological polar surface area (TPSA) is 142 Å². The Bertz CT molecular complexity index is 1610. The number of hydrogen-bond acceptors (Lipinski definition) is 7. The van der Waals surface area contributed by atoms with Gasteiger partial charge in [0.25, 0.3) is 5.91 Å². The number of aliphatic carboxylic acids is 1. The number of nitrogens with one attached hydrogen (secondary N) is 3. The Balaban J connectivity index is 0.000000318. The summed E-state index contributed by atoms with van der Waals surface area (Å²) in [5.41, 5.74) is 10.2. The fraction of sp³-hybridized carbons (Fsp3) is 0.222. The van der Waals surface area contributed by atoms with Crippen molar-refractivity contribution in [1.82, 2.24) is 25.9 Å². The number of carbonyl (C=O) groups excluding carboxylic acids is 1. The quantitative estimate of drug-likeness (QED) is 0.114. The van der Waals surface area contributed by atoms with Crippen molar-refractivity contribution in [3.05, 3.63) is 144 Å². The minimum absolute atomic E-state index is 0.339. The van der Waals surface area contributed by atoms with Crippen LogP contribution < -0.4 is 21.7 Å². The molecule has 0 radical (unpaired) electrons. The Hall–Kier alpha value is -4.96. The number of nitrogens with two attached hydrogens (primary N) is 1. The molecule has 5 rings (SSSR count). The predicted octanol–water partition coefficient (Wildman–Crippen LogP) is 4.82. The van der Waals surface area contributed by atoms with E-state index in [4.69, 9.17) is 5.73 Å². The summed E-state index contributed by atoms with van der Waals surface area (Å²) in [5.74, 6) is -1.43. The summed E-state index contributed by atoms with van der Waals surface area (Å²) < 4.78 is 0. The number of pyridine rings is 2. The first kappa shape index (κ1) is 32.9. The molecule has 9 heteroatoms. The maximum Gasteiger partial charge on any atom is 0.326 e. The molecule has 0 spiro atoms. The Labute approximate surface area is 263 Å². The van der Waals surface area contributed by atoms with Gasteiger partial charge < -0.3 is 26.8 Å². The fourth-order valence-corrected chi connectivity index (χ4v) is 4.73. The first-order valence-electron chi connectivity index (χ1n) is 15.0. The molecule has 0 bridgehead atoms. The van der Waals surface area contributed by atoms with Gasteiger partial charge in [0, 0.05) is 44.1 Å². The van der Waals surface area contributed by atoms with Crippen LogP contribution in [0.25, 0.3) is 10.8 Å². The predicted molar refractivity (Wildman–Crippen MR) is 177 cm³/mol. The number of aromatic nitrogens is 2. The molecular formula is C36H40N6O3. The van der Waals surface area contributed by atoms with Crippen molar-refractivity contribution in [3.63, 3.8) is 0 Å². The lowest BCUT2D eigenvalue weighted by Gasteiger charge is -2.15. The summed E-state index contributed by atoms with van der Waals surface area (Å²) in [6.45, 7) is 3.16. The molecular weight excluding hydrogens is 564 g/mol. The van der Waals surface area contributed by atoms with E-state index in [1.165, 1.54) is 16.3 Å². The highest BCUT2D eigenvalue weighted by atomic mass is 16.4. The van der Waals surface area contributed by atoms with Crippen LogP contribution in [0, 0.1) is 0 Å². The largest absolute Gasteiger partial charge is 0.480 e. The molecule has 0 saturated heterocycles. The molecule has 0 aliphatic rings. The van der Waals surface area contributed by atoms with Crippen molar-refractivity contribution in [1.29, 1.82) is 0 Å². The van der Waals surface area contributed by atoms with Crippen LogP contribution in [-0.4, -0.2) is 39.5 Å². The van der Waals surface area contributed by atoms with Crippen LogP contribution in [0.15, 0.2) is 116 Å². The SMILES string of the molecule is NCc1cccc2ccccc12.O=C(N[C@@H](CCCNCc1ccccn1)C(=O)O)c1ccc(CNCc2ccccn2)cc1. The van der Waals surface area contributed by atoms with Gasteiger partial charge in [0.2, 0.25) is 0 Å². The number of carbonyl (C=O) groups is 2. The Morgan fingerprint density at radius 1 is 0.733 bits per heavy atom. The lowest BCUT2D eigenvalue weighted by Crippen LogP contribution is -2.41. The maximum atomic E-state index is 12.5. The number of nitrogens with zero attached hydrogens (tertiary/aromatic N) is 2. The molecule has 0 fully saturated rings. The van der Waals surface area contributed by atoms with E-state index in [9.17, 15) is 14.7 Å². The third kappa shape index (κ3) is 10.9. The van der Waals surface area contributed by atoms with E-state index in [0.717, 1.165) is 17.0 Å². The molecule has 2 heterocycles. The van der Waals surface area contributed by atoms with E-state index in [2.05, 4.69) is 50.2 Å². The van der Waals surface area contributed by atoms with Gasteiger partial charge in [0.1, 0.15) is 6.04 Å². The van der Waals surface area contributed by atoms with Gasteiger partial charge >= 0.3 is 5.97 Å². The molecule has 0 aliphatic heterocycles. The number of amides is 1. The van der Waals surface area contributed by atoms with Crippen LogP contribution in [0.2, 0.25) is 0 Å². The van der Waals surface area contributed by atoms with Crippen molar-refractivity contribution >= 4 is 22.6 Å². The summed E-state index contributed by atoms with van der Waals surface area (Å²) in [6.07, 6.45) is 4.45. The number of carboxylic acid groups (broad SMARTS) is 1. The average Bonchev–Trinajstić information content (AvgIpc) is 3.08. The third-order valence-corrected chi connectivity index (χ3v) is 7.16. The Kier molecular flexibility index (Phi) is 13.2. The van der Waals surface area contributed by atoms with Crippen molar-refractivity contribution in [2.45, 2.75) is 45.1 Å². The van der Waals surface area contributed by atoms with E-state index in [-0.39, 0.29) is 0 Å². The minimum atomic E-state index is -1.04. The molecule has 3 aromatic carbocycles. The highest BCUT2D eigenvalue weighted by Crippen LogP contribution is 2.17. The van der Waals surface area contributed by atoms with E-state index >= 15 is 0 Å². The second-order valence-electron chi connectivity index (χ2n) is 10.5. The lowest BCUT2D eigenvalue weighted by atomic mass is 10.1. The highest BCUT2D eigenvalue weighted by molar-refractivity contribution is 5.96. The van der Waals surface area contributed by atoms with Crippen molar-refractivity contribution in [3.8, 4) is 0 Å². The molecule has 6 N–H and O–H groups in total. The van der Waals surface area contributed by atoms with E-state index in [1.807, 2.05) is 66.7 Å². The van der Waals surface area contributed by atoms with Crippen molar-refractivity contribution < 1.29 is 14.7 Å². The maximum absolute atomic E-state index is 12.5. The van der Waals surface area contributed by atoms with Crippen LogP contribution in [0.5, 0.6) is 0 Å². The average molecular weight is 605 g/mol. The van der Waals surface area contributed by atoms with Crippen molar-refractivity contribution in [2.75, 3.05) is 6.54 Å². The first-order chi connectivity index (χ1) is 22.0. The van der Waals surface area contributed by atoms with E-state index in [1.54, 1.807) is 24.5 Å². The molecule has 1 amide bonds. The van der Waals surface area contributed by atoms with Gasteiger partial charge in [-0.1, -0.05) is 66.7 Å². The molecule has 1 atom stereocenters. The van der Waals surface area contributed by atoms with Gasteiger partial charge in [0.05, 0.1) is 11.4 Å². The van der Waals surface area contributed by atoms with Crippen LogP contribution in [0.3, 0.4) is 0 Å². The standard InChI is InChI=1S/C25H29N5O3.C11H11N/c31-24(20-11-9-19(10-12-20)16-27-18-22-7-2-4-15-29-22)30-23(25(32)33)8-5-13-26-17-21-6-1-3-14-28-21;12-8-10-6-3-5-9-4-1-2-7-11(9)10/h1-4,6-7,9-12,14-15,23,26-27H,5,8,13,16-18H2,(H,30,31)(H,32,33);1-7H,8,12H2/t23-;/m0./s1. The van der Waals surface area contributed by atoms with E-state index < -0.39 is 17.9 Å². The Morgan fingerprint density at radius 3 is 2.02 bits per heavy atom. The zero-order valence-electron chi connectivity index (χ0n) is 25.2. The number of hydrogen-bond donors (Lipinski definition) is 5. The molecule has 0 aliphatic carbocycles. The normalized spacial score (nSPS) is 11.3. The van der Waals surface area contributed by atoms with Gasteiger partial charge in [-0.05, 0) is 77.7 Å². The van der Waals surface area contributed by atoms with Gasteiger partial charge in [-0.25, -0.2) is 4.79 Å². The summed E-state index contributed by atoms with van der Waals surface area (Å²) in [6, 6.07) is 32.2. The van der Waals surface area contributed by atoms with E-state index in [0.29, 0.717) is 51.1 Å². The molecule has 232 valence electrons. The molecule has 2 aromatic heterocycles. The van der Waals surface area contributed by atoms with Gasteiger partial charge in [-0.15, -0.1) is 0 Å². The summed E-state index contributed by atoms with van der Waals surface area (Å²) in [5, 5.41) is 21.2. The van der Waals surface area contributed by atoms with Gasteiger partial charge in [0.15, 0.2) is 0 Å². The molecule has 0 saturated carbocycles. The minimum Gasteiger partial charge on any atom is -0.480 e. The second kappa shape index (κ2) is 18.0. The monoisotopic (exact) mass is 604 g/mol. The second-order valence-corrected chi connectivity index (χ2v) is 10.5. The van der Waals surface area contributed by atoms with Gasteiger partial charge in [-0.3, -0.25) is 14.8 Å². The number of fused-ring (bicyclic) bond motifs is 1. The summed E-state index contributed by atoms with van der Waals surface area (Å²) in [7, 11) is 0. The smallest absolute Gasteiger partial charge is 0.326 e. The number of carboxylic acids is 1. The van der Waals surface area contributed by atoms with Crippen molar-refractivity contribution in [2.24, 2.45) is 5.73 Å². The molecule has 9 nitrogen and oxygen atoms in total. The summed E-state index contributed by atoms with van der Waals surface area (Å²) >= 11 is 0. The highest BCUT2D eigenvalue weighted by Gasteiger charge is 2.20. The number of benzene rings is 3. The first-order valence-corrected chi connectivity index (χ1v) is 15.0. The van der Waals surface area contributed by atoms with Crippen LogP contribution in [0.4, 0.5) is 0 Å². The van der Waals surface area contributed by atoms with Crippen LogP contribution in [0.1, 0.15) is 45.7 Å². The fourth-order valence-electron chi connectivity index (χ4n) is 4.73. The summed E-state index contributed by atoms with van der Waals surface area (Å²) in [4.78, 5) is 32.6. The third-order valence-electron chi connectivity index (χ3n) is 7.16. The van der Waals surface area contributed by atoms with Crippen LogP contribution in [-0.2, 0) is 31.0 Å².